The molecule has 18 heavy (non-hydrogen) atoms. The zero-order valence-corrected chi connectivity index (χ0v) is 12.7. The van der Waals surface area contributed by atoms with Gasteiger partial charge in [0, 0.05) is 18.6 Å². The van der Waals surface area contributed by atoms with Crippen LogP contribution in [0.3, 0.4) is 0 Å². The highest BCUT2D eigenvalue weighted by Crippen LogP contribution is 2.12. The average molecular weight is 312 g/mol. The Kier molecular flexibility index (Phi) is 8.52. The van der Waals surface area contributed by atoms with Gasteiger partial charge in [0.1, 0.15) is 5.01 Å². The quantitative estimate of drug-likeness (QED) is 0.929. The first-order valence-electron chi connectivity index (χ1n) is 5.64. The molecule has 1 aromatic heterocycles. The predicted molar refractivity (Wildman–Crippen MR) is 78.7 cm³/mol. The number of likely N-dealkylation sites (N-methyl/N-ethyl adjacent to an activating group) is 1. The van der Waals surface area contributed by atoms with Gasteiger partial charge in [0.25, 0.3) is 0 Å². The van der Waals surface area contributed by atoms with E-state index in [1.54, 1.807) is 22.4 Å². The molecule has 0 spiro atoms. The van der Waals surface area contributed by atoms with Gasteiger partial charge >= 0.3 is 0 Å². The first kappa shape index (κ1) is 17.6. The van der Waals surface area contributed by atoms with Crippen LogP contribution in [0.15, 0.2) is 11.6 Å². The van der Waals surface area contributed by atoms with Gasteiger partial charge < -0.3 is 10.2 Å². The van der Waals surface area contributed by atoms with Crippen molar-refractivity contribution in [3.63, 3.8) is 0 Å². The van der Waals surface area contributed by atoms with Gasteiger partial charge in [-0.1, -0.05) is 6.42 Å². The fourth-order valence-corrected chi connectivity index (χ4v) is 2.61. The topological polar surface area (TPSA) is 45.2 Å². The van der Waals surface area contributed by atoms with Gasteiger partial charge in [0.05, 0.1) is 12.6 Å². The number of carbonyl (C=O) groups is 1. The number of amides is 1. The summed E-state index contributed by atoms with van der Waals surface area (Å²) in [6.07, 6.45) is 5.06. The lowest BCUT2D eigenvalue weighted by molar-refractivity contribution is -0.133. The third-order valence-corrected chi connectivity index (χ3v) is 3.60. The van der Waals surface area contributed by atoms with E-state index in [1.165, 1.54) is 6.42 Å². The summed E-state index contributed by atoms with van der Waals surface area (Å²) in [5.41, 5.74) is 0. The second-order valence-corrected chi connectivity index (χ2v) is 5.10. The highest BCUT2D eigenvalue weighted by Gasteiger charge is 2.23. The van der Waals surface area contributed by atoms with Gasteiger partial charge in [0.15, 0.2) is 0 Å². The number of thiazole rings is 1. The highest BCUT2D eigenvalue weighted by atomic mass is 35.5. The Balaban J connectivity index is 0.00000144. The first-order valence-corrected chi connectivity index (χ1v) is 6.52. The van der Waals surface area contributed by atoms with Crippen LogP contribution >= 0.6 is 36.2 Å². The minimum Gasteiger partial charge on any atom is -0.338 e. The Morgan fingerprint density at radius 2 is 2.33 bits per heavy atom. The first-order chi connectivity index (χ1) is 7.77. The maximum absolute atomic E-state index is 12.1. The van der Waals surface area contributed by atoms with Crippen LogP contribution in [0.4, 0.5) is 0 Å². The molecular weight excluding hydrogens is 293 g/mol. The van der Waals surface area contributed by atoms with Crippen molar-refractivity contribution in [2.45, 2.75) is 31.8 Å². The molecule has 1 atom stereocenters. The molecule has 1 amide bonds. The van der Waals surface area contributed by atoms with E-state index in [-0.39, 0.29) is 36.8 Å². The Hall–Kier alpha value is -0.360. The molecule has 0 unspecified atom stereocenters. The van der Waals surface area contributed by atoms with Gasteiger partial charge in [-0.3, -0.25) is 4.79 Å². The number of hydrogen-bond acceptors (Lipinski definition) is 4. The van der Waals surface area contributed by atoms with Crippen molar-refractivity contribution in [1.82, 2.24) is 15.2 Å². The summed E-state index contributed by atoms with van der Waals surface area (Å²) in [5.74, 6) is 0.190. The molecule has 1 aromatic rings. The second-order valence-electron chi connectivity index (χ2n) is 4.12. The lowest BCUT2D eigenvalue weighted by Crippen LogP contribution is -2.46. The Morgan fingerprint density at radius 1 is 1.56 bits per heavy atom. The number of halogens is 2. The molecule has 1 fully saturated rings. The van der Waals surface area contributed by atoms with Crippen LogP contribution in [0.1, 0.15) is 24.3 Å². The summed E-state index contributed by atoms with van der Waals surface area (Å²) < 4.78 is 0. The molecule has 0 aliphatic carbocycles. The number of nitrogens with one attached hydrogen (secondary N) is 1. The summed E-state index contributed by atoms with van der Waals surface area (Å²) in [5, 5.41) is 6.20. The van der Waals surface area contributed by atoms with E-state index in [0.29, 0.717) is 6.54 Å². The summed E-state index contributed by atoms with van der Waals surface area (Å²) in [4.78, 5) is 18.0. The van der Waals surface area contributed by atoms with Crippen molar-refractivity contribution < 1.29 is 4.79 Å². The lowest BCUT2D eigenvalue weighted by atomic mass is 10.0. The van der Waals surface area contributed by atoms with Crippen molar-refractivity contribution in [3.8, 4) is 0 Å². The molecule has 0 bridgehead atoms. The van der Waals surface area contributed by atoms with Crippen molar-refractivity contribution >= 4 is 42.1 Å². The molecule has 1 saturated heterocycles. The Bertz CT molecular complexity index is 342. The van der Waals surface area contributed by atoms with Crippen LogP contribution in [0.25, 0.3) is 0 Å². The maximum Gasteiger partial charge on any atom is 0.239 e. The smallest absolute Gasteiger partial charge is 0.239 e. The zero-order chi connectivity index (χ0) is 11.4. The maximum atomic E-state index is 12.1. The molecule has 0 saturated carbocycles. The van der Waals surface area contributed by atoms with E-state index in [4.69, 9.17) is 0 Å². The minimum absolute atomic E-state index is 0. The van der Waals surface area contributed by atoms with Crippen LogP contribution in [0, 0.1) is 0 Å². The molecule has 4 nitrogen and oxygen atoms in total. The molecule has 7 heteroatoms. The fourth-order valence-electron chi connectivity index (χ4n) is 1.94. The Morgan fingerprint density at radius 3 is 2.89 bits per heavy atom. The number of carbonyl (C=O) groups excluding carboxylic acids is 1. The average Bonchev–Trinajstić information content (AvgIpc) is 2.82. The van der Waals surface area contributed by atoms with E-state index in [9.17, 15) is 4.79 Å². The van der Waals surface area contributed by atoms with E-state index in [2.05, 4.69) is 10.3 Å². The number of hydrogen-bond donors (Lipinski definition) is 1. The minimum atomic E-state index is 0. The van der Waals surface area contributed by atoms with Crippen LogP contribution in [-0.4, -0.2) is 35.4 Å². The number of nitrogens with zero attached hydrogens (tertiary/aromatic N) is 2. The molecule has 1 aliphatic heterocycles. The van der Waals surface area contributed by atoms with Crippen LogP contribution in [0.2, 0.25) is 0 Å². The SMILES string of the molecule is CN(Cc1nccs1)C(=O)[C@H]1CCCCN1.Cl.Cl. The monoisotopic (exact) mass is 311 g/mol. The van der Waals surface area contributed by atoms with E-state index >= 15 is 0 Å². The molecule has 1 N–H and O–H groups in total. The third kappa shape index (κ3) is 4.72. The molecule has 1 aliphatic rings. The van der Waals surface area contributed by atoms with Crippen molar-refractivity contribution in [2.75, 3.05) is 13.6 Å². The van der Waals surface area contributed by atoms with Crippen LogP contribution in [-0.2, 0) is 11.3 Å². The summed E-state index contributed by atoms with van der Waals surface area (Å²) >= 11 is 1.59. The van der Waals surface area contributed by atoms with Gasteiger partial charge in [-0.2, -0.15) is 0 Å². The summed E-state index contributed by atoms with van der Waals surface area (Å²) in [6.45, 7) is 1.58. The molecule has 0 radical (unpaired) electrons. The second kappa shape index (κ2) is 8.69. The number of aromatic nitrogens is 1. The lowest BCUT2D eigenvalue weighted by Gasteiger charge is -2.26. The van der Waals surface area contributed by atoms with Gasteiger partial charge in [-0.05, 0) is 19.4 Å². The third-order valence-electron chi connectivity index (χ3n) is 2.84. The van der Waals surface area contributed by atoms with E-state index in [1.807, 2.05) is 12.4 Å². The molecule has 2 heterocycles. The largest absolute Gasteiger partial charge is 0.338 e. The normalized spacial score (nSPS) is 18.4. The molecule has 2 rings (SSSR count). The standard InChI is InChI=1S/C11H17N3OS.2ClH/c1-14(8-10-13-6-7-16-10)11(15)9-4-2-3-5-12-9;;/h6-7,9,12H,2-5,8H2,1H3;2*1H/t9-;;/m1../s1. The molecular formula is C11H19Cl2N3OS. The van der Waals surface area contributed by atoms with Crippen molar-refractivity contribution in [1.29, 1.82) is 0 Å². The van der Waals surface area contributed by atoms with Gasteiger partial charge in [-0.15, -0.1) is 36.2 Å². The zero-order valence-electron chi connectivity index (χ0n) is 10.3. The van der Waals surface area contributed by atoms with E-state index < -0.39 is 0 Å². The van der Waals surface area contributed by atoms with Crippen LogP contribution in [0.5, 0.6) is 0 Å². The molecule has 104 valence electrons. The summed E-state index contributed by atoms with van der Waals surface area (Å²) in [6, 6.07) is 0.0127. The predicted octanol–water partition coefficient (Wildman–Crippen LogP) is 2.09. The number of piperidine rings is 1. The summed E-state index contributed by atoms with van der Waals surface area (Å²) in [7, 11) is 1.85. The highest BCUT2D eigenvalue weighted by molar-refractivity contribution is 7.09. The molecule has 0 aromatic carbocycles. The van der Waals surface area contributed by atoms with Crippen molar-refractivity contribution in [3.05, 3.63) is 16.6 Å². The van der Waals surface area contributed by atoms with Crippen LogP contribution < -0.4 is 5.32 Å². The van der Waals surface area contributed by atoms with Crippen molar-refractivity contribution in [2.24, 2.45) is 0 Å². The fraction of sp³-hybridized carbons (Fsp3) is 0.636. The van der Waals surface area contributed by atoms with E-state index in [0.717, 1.165) is 24.4 Å². The van der Waals surface area contributed by atoms with Gasteiger partial charge in [0.2, 0.25) is 5.91 Å². The van der Waals surface area contributed by atoms with Gasteiger partial charge in [-0.25, -0.2) is 4.98 Å². The Labute approximate surface area is 124 Å². The number of rotatable bonds is 3.